The molecule has 0 saturated carbocycles. The van der Waals surface area contributed by atoms with Crippen molar-refractivity contribution in [3.63, 3.8) is 0 Å². The van der Waals surface area contributed by atoms with Crippen LogP contribution in [0.1, 0.15) is 0 Å². The average molecular weight is 471 g/mol. The fourth-order valence-corrected chi connectivity index (χ4v) is 4.58. The highest BCUT2D eigenvalue weighted by atomic mass is 35.5. The number of hydrogen-bond donors (Lipinski definition) is 1. The standard InChI is InChI=1S/C23H23ClN4O5/c24-16-5-7-17(8-6-16)28-14-23(33-22(28)31)13-26(9-10-32-15-23)12-21(30)27-11-20(29)25-18-3-1-2-4-19(18)27/h1-8H,9-15H2,(H,25,29). The van der Waals surface area contributed by atoms with Gasteiger partial charge in [0.2, 0.25) is 11.8 Å². The second-order valence-electron chi connectivity index (χ2n) is 8.42. The van der Waals surface area contributed by atoms with E-state index in [-0.39, 0.29) is 31.5 Å². The molecule has 2 aromatic carbocycles. The molecule has 3 amide bonds. The normalized spacial score (nSPS) is 23.2. The van der Waals surface area contributed by atoms with Gasteiger partial charge in [-0.25, -0.2) is 4.79 Å². The Labute approximate surface area is 195 Å². The second-order valence-corrected chi connectivity index (χ2v) is 8.86. The predicted molar refractivity (Wildman–Crippen MR) is 123 cm³/mol. The summed E-state index contributed by atoms with van der Waals surface area (Å²) in [5.74, 6) is -0.436. The van der Waals surface area contributed by atoms with Crippen LogP contribution in [0.4, 0.5) is 21.9 Å². The number of fused-ring (bicyclic) bond motifs is 1. The summed E-state index contributed by atoms with van der Waals surface area (Å²) in [6.07, 6.45) is -0.462. The van der Waals surface area contributed by atoms with Crippen LogP contribution in [-0.4, -0.2) is 74.3 Å². The molecule has 0 bridgehead atoms. The van der Waals surface area contributed by atoms with Gasteiger partial charge in [-0.2, -0.15) is 0 Å². The third kappa shape index (κ3) is 4.39. The predicted octanol–water partition coefficient (Wildman–Crippen LogP) is 2.35. The van der Waals surface area contributed by atoms with E-state index in [1.54, 1.807) is 35.2 Å². The summed E-state index contributed by atoms with van der Waals surface area (Å²) in [5, 5.41) is 3.37. The lowest BCUT2D eigenvalue weighted by atomic mass is 10.0. The molecule has 10 heteroatoms. The summed E-state index contributed by atoms with van der Waals surface area (Å²) in [5.41, 5.74) is 1.07. The van der Waals surface area contributed by atoms with Crippen molar-refractivity contribution in [2.75, 3.05) is 61.1 Å². The minimum atomic E-state index is -0.898. The van der Waals surface area contributed by atoms with E-state index in [4.69, 9.17) is 21.1 Å². The minimum Gasteiger partial charge on any atom is -0.437 e. The van der Waals surface area contributed by atoms with Gasteiger partial charge < -0.3 is 14.8 Å². The first kappa shape index (κ1) is 21.7. The Morgan fingerprint density at radius 2 is 1.88 bits per heavy atom. The zero-order chi connectivity index (χ0) is 23.0. The Bertz CT molecular complexity index is 1090. The van der Waals surface area contributed by atoms with Gasteiger partial charge in [-0.05, 0) is 36.4 Å². The van der Waals surface area contributed by atoms with Crippen LogP contribution in [0.15, 0.2) is 48.5 Å². The molecular weight excluding hydrogens is 448 g/mol. The van der Waals surface area contributed by atoms with Gasteiger partial charge in [0.05, 0.1) is 37.7 Å². The lowest BCUT2D eigenvalue weighted by molar-refractivity contribution is -0.123. The summed E-state index contributed by atoms with van der Waals surface area (Å²) in [7, 11) is 0. The van der Waals surface area contributed by atoms with Gasteiger partial charge in [0.1, 0.15) is 6.54 Å². The Kier molecular flexibility index (Phi) is 5.69. The highest BCUT2D eigenvalue weighted by molar-refractivity contribution is 6.30. The number of hydrogen-bond acceptors (Lipinski definition) is 6. The minimum absolute atomic E-state index is 0.0370. The fraction of sp³-hybridized carbons (Fsp3) is 0.348. The number of benzene rings is 2. The van der Waals surface area contributed by atoms with E-state index in [0.717, 1.165) is 0 Å². The highest BCUT2D eigenvalue weighted by Crippen LogP contribution is 2.32. The van der Waals surface area contributed by atoms with Crippen LogP contribution < -0.4 is 15.1 Å². The maximum atomic E-state index is 13.2. The van der Waals surface area contributed by atoms with E-state index in [0.29, 0.717) is 48.3 Å². The molecule has 2 aromatic rings. The van der Waals surface area contributed by atoms with Crippen LogP contribution in [-0.2, 0) is 19.1 Å². The van der Waals surface area contributed by atoms with Crippen LogP contribution in [0.3, 0.4) is 0 Å². The smallest absolute Gasteiger partial charge is 0.415 e. The SMILES string of the molecule is O=C1CN(C(=O)CN2CCOCC3(C2)CN(c2ccc(Cl)cc2)C(=O)O3)c2ccccc2N1. The molecule has 5 rings (SSSR count). The van der Waals surface area contributed by atoms with Crippen molar-refractivity contribution < 1.29 is 23.9 Å². The van der Waals surface area contributed by atoms with Crippen molar-refractivity contribution in [3.05, 3.63) is 53.6 Å². The topological polar surface area (TPSA) is 91.4 Å². The number of anilines is 3. The molecule has 9 nitrogen and oxygen atoms in total. The van der Waals surface area contributed by atoms with Crippen molar-refractivity contribution in [1.29, 1.82) is 0 Å². The molecule has 1 unspecified atom stereocenters. The Hall–Kier alpha value is -3.14. The molecule has 3 aliphatic heterocycles. The lowest BCUT2D eigenvalue weighted by Gasteiger charge is -2.33. The first-order valence-electron chi connectivity index (χ1n) is 10.7. The molecule has 3 aliphatic rings. The summed E-state index contributed by atoms with van der Waals surface area (Å²) < 4.78 is 11.6. The summed E-state index contributed by atoms with van der Waals surface area (Å²) >= 11 is 5.97. The molecule has 1 spiro atoms. The Balaban J connectivity index is 1.31. The summed E-state index contributed by atoms with van der Waals surface area (Å²) in [6, 6.07) is 14.2. The van der Waals surface area contributed by atoms with E-state index in [9.17, 15) is 14.4 Å². The molecule has 1 N–H and O–H groups in total. The van der Waals surface area contributed by atoms with Crippen molar-refractivity contribution >= 4 is 46.6 Å². The highest BCUT2D eigenvalue weighted by Gasteiger charge is 2.48. The molecule has 172 valence electrons. The van der Waals surface area contributed by atoms with E-state index in [1.165, 1.54) is 4.90 Å². The van der Waals surface area contributed by atoms with Gasteiger partial charge in [0.15, 0.2) is 5.60 Å². The van der Waals surface area contributed by atoms with Crippen LogP contribution in [0, 0.1) is 0 Å². The summed E-state index contributed by atoms with van der Waals surface area (Å²) in [6.45, 7) is 1.83. The average Bonchev–Trinajstić information content (AvgIpc) is 2.99. The maximum absolute atomic E-state index is 13.2. The molecule has 1 atom stereocenters. The lowest BCUT2D eigenvalue weighted by Crippen LogP contribution is -2.51. The quantitative estimate of drug-likeness (QED) is 0.740. The largest absolute Gasteiger partial charge is 0.437 e. The molecule has 0 aliphatic carbocycles. The van der Waals surface area contributed by atoms with Crippen molar-refractivity contribution in [2.24, 2.45) is 0 Å². The number of ether oxygens (including phenoxy) is 2. The zero-order valence-corrected chi connectivity index (χ0v) is 18.6. The number of halogens is 1. The number of nitrogens with one attached hydrogen (secondary N) is 1. The molecule has 2 fully saturated rings. The Morgan fingerprint density at radius 1 is 1.09 bits per heavy atom. The molecule has 3 heterocycles. The van der Waals surface area contributed by atoms with E-state index >= 15 is 0 Å². The number of nitrogens with zero attached hydrogens (tertiary/aromatic N) is 3. The summed E-state index contributed by atoms with van der Waals surface area (Å²) in [4.78, 5) is 43.0. The molecule has 2 saturated heterocycles. The van der Waals surface area contributed by atoms with Crippen molar-refractivity contribution in [3.8, 4) is 0 Å². The van der Waals surface area contributed by atoms with Gasteiger partial charge in [0.25, 0.3) is 0 Å². The van der Waals surface area contributed by atoms with E-state index in [1.807, 2.05) is 23.1 Å². The first-order valence-corrected chi connectivity index (χ1v) is 11.1. The van der Waals surface area contributed by atoms with Gasteiger partial charge in [-0.1, -0.05) is 23.7 Å². The van der Waals surface area contributed by atoms with Gasteiger partial charge >= 0.3 is 6.09 Å². The van der Waals surface area contributed by atoms with Gasteiger partial charge in [-0.3, -0.25) is 24.3 Å². The van der Waals surface area contributed by atoms with Crippen LogP contribution >= 0.6 is 11.6 Å². The van der Waals surface area contributed by atoms with Gasteiger partial charge in [-0.15, -0.1) is 0 Å². The molecule has 33 heavy (non-hydrogen) atoms. The first-order chi connectivity index (χ1) is 15.9. The maximum Gasteiger partial charge on any atom is 0.415 e. The number of carbonyl (C=O) groups excluding carboxylic acids is 3. The molecule has 0 radical (unpaired) electrons. The monoisotopic (exact) mass is 470 g/mol. The van der Waals surface area contributed by atoms with Gasteiger partial charge in [0, 0.05) is 23.8 Å². The van der Waals surface area contributed by atoms with Crippen LogP contribution in [0.25, 0.3) is 0 Å². The van der Waals surface area contributed by atoms with E-state index < -0.39 is 11.7 Å². The third-order valence-corrected chi connectivity index (χ3v) is 6.22. The number of para-hydroxylation sites is 2. The van der Waals surface area contributed by atoms with Crippen LogP contribution in [0.5, 0.6) is 0 Å². The zero-order valence-electron chi connectivity index (χ0n) is 17.8. The van der Waals surface area contributed by atoms with E-state index in [2.05, 4.69) is 5.32 Å². The molecule has 0 aromatic heterocycles. The Morgan fingerprint density at radius 3 is 2.70 bits per heavy atom. The fourth-order valence-electron chi connectivity index (χ4n) is 4.45. The van der Waals surface area contributed by atoms with Crippen molar-refractivity contribution in [2.45, 2.75) is 5.60 Å². The molecular formula is C23H23ClN4O5. The number of amides is 3. The number of carbonyl (C=O) groups is 3. The number of rotatable bonds is 3. The second kappa shape index (κ2) is 8.66. The van der Waals surface area contributed by atoms with Crippen molar-refractivity contribution in [1.82, 2.24) is 4.90 Å². The third-order valence-electron chi connectivity index (χ3n) is 5.97. The van der Waals surface area contributed by atoms with Crippen LogP contribution in [0.2, 0.25) is 5.02 Å².